The van der Waals surface area contributed by atoms with Gasteiger partial charge in [-0.2, -0.15) is 0 Å². The summed E-state index contributed by atoms with van der Waals surface area (Å²) in [5.41, 5.74) is 1.55. The highest BCUT2D eigenvalue weighted by Gasteiger charge is 2.74. The maximum atomic E-state index is 14.2. The number of carbonyl (C=O) groups excluding carboxylic acids is 3. The molecule has 2 unspecified atom stereocenters. The smallest absolute Gasteiger partial charge is 0.248 e. The third-order valence-corrected chi connectivity index (χ3v) is 10.1. The number of likely N-dealkylation sites (tertiary alicyclic amines) is 1. The Bertz CT molecular complexity index is 1160. The van der Waals surface area contributed by atoms with Gasteiger partial charge in [0.15, 0.2) is 0 Å². The van der Waals surface area contributed by atoms with Crippen LogP contribution in [-0.2, 0) is 20.8 Å². The fraction of sp³-hybridized carbons (Fsp3) is 0.464. The first-order valence-corrected chi connectivity index (χ1v) is 14.1. The van der Waals surface area contributed by atoms with Gasteiger partial charge in [-0.25, -0.2) is 0 Å². The highest BCUT2D eigenvalue weighted by molar-refractivity contribution is 8.02. The average Bonchev–Trinajstić information content (AvgIpc) is 3.55. The van der Waals surface area contributed by atoms with Gasteiger partial charge >= 0.3 is 0 Å². The first-order chi connectivity index (χ1) is 17.9. The van der Waals surface area contributed by atoms with Crippen LogP contribution < -0.4 is 10.6 Å². The number of rotatable bonds is 9. The molecule has 5 rings (SSSR count). The number of nitrogens with zero attached hydrogens (tertiary/aromatic N) is 1. The zero-order chi connectivity index (χ0) is 26.2. The lowest BCUT2D eigenvalue weighted by Crippen LogP contribution is -2.55. The minimum absolute atomic E-state index is 0.000452. The van der Waals surface area contributed by atoms with Gasteiger partial charge in [-0.3, -0.25) is 14.4 Å². The van der Waals surface area contributed by atoms with Crippen molar-refractivity contribution in [1.82, 2.24) is 10.2 Å². The third-order valence-electron chi connectivity index (χ3n) is 7.87. The van der Waals surface area contributed by atoms with Gasteiger partial charge < -0.3 is 20.6 Å². The Morgan fingerprint density at radius 1 is 1.16 bits per heavy atom. The number of benzene rings is 2. The summed E-state index contributed by atoms with van der Waals surface area (Å²) in [5.74, 6) is -1.70. The Kier molecular flexibility index (Phi) is 7.52. The Balaban J connectivity index is 1.52. The normalized spacial score (nSPS) is 28.7. The van der Waals surface area contributed by atoms with E-state index >= 15 is 0 Å². The van der Waals surface area contributed by atoms with Crippen molar-refractivity contribution in [3.8, 4) is 0 Å². The van der Waals surface area contributed by atoms with Gasteiger partial charge in [0, 0.05) is 22.5 Å². The minimum atomic E-state index is -0.805. The van der Waals surface area contributed by atoms with Crippen molar-refractivity contribution in [3.05, 3.63) is 65.2 Å². The van der Waals surface area contributed by atoms with Crippen molar-refractivity contribution in [2.45, 2.75) is 54.7 Å². The van der Waals surface area contributed by atoms with Crippen molar-refractivity contribution in [2.75, 3.05) is 18.5 Å². The van der Waals surface area contributed by atoms with Gasteiger partial charge in [0.2, 0.25) is 17.7 Å². The number of fused-ring (bicyclic) bond motifs is 1. The predicted molar refractivity (Wildman–Crippen MR) is 145 cm³/mol. The molecule has 7 nitrogen and oxygen atoms in total. The molecule has 0 aromatic heterocycles. The van der Waals surface area contributed by atoms with E-state index in [2.05, 4.69) is 10.6 Å². The molecule has 0 radical (unpaired) electrons. The standard InChI is InChI=1S/C28H32ClN3O4S/c1-2-14-30-25(34)22-21-12-13-28(37-21)23(22)27(36)32(20(16-33)15-17-6-4-3-5-7-17)24(28)26(35)31-19-10-8-18(29)9-11-19/h3-11,20-24,33H,2,12-16H2,1H3,(H,30,34)(H,31,35)/t20-,21-,22+,23+,24?,28?/m1/s1. The number of amides is 3. The van der Waals surface area contributed by atoms with E-state index in [1.54, 1.807) is 40.9 Å². The van der Waals surface area contributed by atoms with Gasteiger partial charge in [0.25, 0.3) is 0 Å². The number of aliphatic hydroxyl groups is 1. The average molecular weight is 542 g/mol. The van der Waals surface area contributed by atoms with Crippen LogP contribution in [0.25, 0.3) is 0 Å². The quantitative estimate of drug-likeness (QED) is 0.451. The fourth-order valence-electron chi connectivity index (χ4n) is 6.33. The van der Waals surface area contributed by atoms with Crippen LogP contribution >= 0.6 is 23.4 Å². The van der Waals surface area contributed by atoms with Crippen LogP contribution in [0, 0.1) is 11.8 Å². The number of halogens is 1. The van der Waals surface area contributed by atoms with E-state index in [9.17, 15) is 19.5 Å². The largest absolute Gasteiger partial charge is 0.394 e. The second kappa shape index (κ2) is 10.7. The molecule has 3 amide bonds. The first kappa shape index (κ1) is 26.1. The highest BCUT2D eigenvalue weighted by atomic mass is 35.5. The van der Waals surface area contributed by atoms with E-state index in [-0.39, 0.29) is 29.6 Å². The van der Waals surface area contributed by atoms with Crippen molar-refractivity contribution in [1.29, 1.82) is 0 Å². The lowest BCUT2D eigenvalue weighted by atomic mass is 9.70. The molecule has 1 spiro atoms. The lowest BCUT2D eigenvalue weighted by molar-refractivity contribution is -0.142. The van der Waals surface area contributed by atoms with Gasteiger partial charge in [-0.1, -0.05) is 48.9 Å². The molecule has 3 aliphatic heterocycles. The zero-order valence-electron chi connectivity index (χ0n) is 20.7. The fourth-order valence-corrected chi connectivity index (χ4v) is 8.66. The molecule has 2 bridgehead atoms. The van der Waals surface area contributed by atoms with Crippen LogP contribution in [0.4, 0.5) is 5.69 Å². The van der Waals surface area contributed by atoms with E-state index in [1.807, 2.05) is 37.3 Å². The van der Waals surface area contributed by atoms with E-state index in [4.69, 9.17) is 11.6 Å². The summed E-state index contributed by atoms with van der Waals surface area (Å²) < 4.78 is -0.712. The Labute approximate surface area is 226 Å². The molecule has 37 heavy (non-hydrogen) atoms. The van der Waals surface area contributed by atoms with Gasteiger partial charge in [0.05, 0.1) is 29.2 Å². The van der Waals surface area contributed by atoms with Crippen LogP contribution in [0.1, 0.15) is 31.7 Å². The topological polar surface area (TPSA) is 98.7 Å². The highest BCUT2D eigenvalue weighted by Crippen LogP contribution is 2.66. The number of hydrogen-bond acceptors (Lipinski definition) is 5. The summed E-state index contributed by atoms with van der Waals surface area (Å²) in [6.07, 6.45) is 2.67. The van der Waals surface area contributed by atoms with Crippen LogP contribution in [0.15, 0.2) is 54.6 Å². The van der Waals surface area contributed by atoms with Gasteiger partial charge in [0.1, 0.15) is 6.04 Å². The molecule has 0 aliphatic carbocycles. The number of aliphatic hydroxyl groups excluding tert-OH is 1. The van der Waals surface area contributed by atoms with Crippen molar-refractivity contribution >= 4 is 46.8 Å². The Hall–Kier alpha value is -2.55. The third kappa shape index (κ3) is 4.64. The predicted octanol–water partition coefficient (Wildman–Crippen LogP) is 3.50. The number of thioether (sulfide) groups is 1. The zero-order valence-corrected chi connectivity index (χ0v) is 22.3. The molecule has 6 atom stereocenters. The number of hydrogen-bond donors (Lipinski definition) is 3. The van der Waals surface area contributed by atoms with E-state index in [0.717, 1.165) is 18.4 Å². The summed E-state index contributed by atoms with van der Waals surface area (Å²) >= 11 is 7.65. The monoisotopic (exact) mass is 541 g/mol. The van der Waals surface area contributed by atoms with Gasteiger partial charge in [-0.05, 0) is 55.5 Å². The molecule has 3 saturated heterocycles. The number of anilines is 1. The van der Waals surface area contributed by atoms with Crippen LogP contribution in [0.3, 0.4) is 0 Å². The minimum Gasteiger partial charge on any atom is -0.394 e. The molecule has 0 saturated carbocycles. The lowest BCUT2D eigenvalue weighted by Gasteiger charge is -2.37. The second-order valence-corrected chi connectivity index (χ2v) is 12.2. The maximum absolute atomic E-state index is 14.2. The Morgan fingerprint density at radius 2 is 1.89 bits per heavy atom. The van der Waals surface area contributed by atoms with E-state index in [0.29, 0.717) is 30.1 Å². The summed E-state index contributed by atoms with van der Waals surface area (Å²) in [4.78, 5) is 43.0. The van der Waals surface area contributed by atoms with Crippen LogP contribution in [-0.4, -0.2) is 63.0 Å². The number of carbonyl (C=O) groups is 3. The van der Waals surface area contributed by atoms with Crippen LogP contribution in [0.2, 0.25) is 5.02 Å². The molecule has 2 aromatic carbocycles. The molecule has 3 heterocycles. The van der Waals surface area contributed by atoms with E-state index < -0.39 is 28.7 Å². The molecule has 3 aliphatic rings. The molecule has 196 valence electrons. The van der Waals surface area contributed by atoms with Crippen molar-refractivity contribution < 1.29 is 19.5 Å². The molecule has 3 fully saturated rings. The SMILES string of the molecule is CCCNC(=O)[C@@H]1[C@H]2C(=O)N([C@@H](CO)Cc3ccccc3)C(C(=O)Nc3ccc(Cl)cc3)C23CC[C@H]1S3. The second-order valence-electron chi connectivity index (χ2n) is 10.1. The van der Waals surface area contributed by atoms with Crippen LogP contribution in [0.5, 0.6) is 0 Å². The maximum Gasteiger partial charge on any atom is 0.248 e. The molecule has 9 heteroatoms. The summed E-state index contributed by atoms with van der Waals surface area (Å²) in [6, 6.07) is 15.1. The molecule has 3 N–H and O–H groups in total. The first-order valence-electron chi connectivity index (χ1n) is 12.9. The summed E-state index contributed by atoms with van der Waals surface area (Å²) in [5, 5.41) is 17.0. The van der Waals surface area contributed by atoms with E-state index in [1.165, 1.54) is 0 Å². The van der Waals surface area contributed by atoms with Crippen molar-refractivity contribution in [3.63, 3.8) is 0 Å². The van der Waals surface area contributed by atoms with Gasteiger partial charge in [-0.15, -0.1) is 11.8 Å². The summed E-state index contributed by atoms with van der Waals surface area (Å²) in [6.45, 7) is 2.26. The molecular weight excluding hydrogens is 510 g/mol. The Morgan fingerprint density at radius 3 is 2.57 bits per heavy atom. The number of nitrogens with one attached hydrogen (secondary N) is 2. The molecular formula is C28H32ClN3O4S. The summed E-state index contributed by atoms with van der Waals surface area (Å²) in [7, 11) is 0. The van der Waals surface area contributed by atoms with Crippen molar-refractivity contribution in [2.24, 2.45) is 11.8 Å². The molecule has 2 aromatic rings.